The molecule has 0 bridgehead atoms. The van der Waals surface area contributed by atoms with Gasteiger partial charge in [0.15, 0.2) is 5.96 Å². The molecule has 2 N–H and O–H groups in total. The monoisotopic (exact) mass is 385 g/mol. The molecule has 0 saturated heterocycles. The average Bonchev–Trinajstić information content (AvgIpc) is 3.01. The van der Waals surface area contributed by atoms with E-state index >= 15 is 0 Å². The molecule has 5 nitrogen and oxygen atoms in total. The van der Waals surface area contributed by atoms with Gasteiger partial charge in [-0.2, -0.15) is 0 Å². The van der Waals surface area contributed by atoms with Crippen LogP contribution in [0.3, 0.4) is 0 Å². The van der Waals surface area contributed by atoms with Crippen LogP contribution >= 0.6 is 15.9 Å². The first-order valence-corrected chi connectivity index (χ1v) is 8.60. The number of aliphatic imine (C=N–C) groups is 1. The Morgan fingerprint density at radius 2 is 2.00 bits per heavy atom. The summed E-state index contributed by atoms with van der Waals surface area (Å²) in [5, 5.41) is 6.71. The van der Waals surface area contributed by atoms with Crippen molar-refractivity contribution in [3.8, 4) is 0 Å². The second-order valence-corrected chi connectivity index (χ2v) is 6.46. The number of rotatable bonds is 4. The highest BCUT2D eigenvalue weighted by Gasteiger charge is 2.08. The molecule has 0 spiro atoms. The van der Waals surface area contributed by atoms with Crippen LogP contribution in [0, 0.1) is 0 Å². The lowest BCUT2D eigenvalue weighted by Crippen LogP contribution is -2.38. The van der Waals surface area contributed by atoms with Gasteiger partial charge >= 0.3 is 0 Å². The highest BCUT2D eigenvalue weighted by molar-refractivity contribution is 9.10. The molecule has 0 amide bonds. The summed E-state index contributed by atoms with van der Waals surface area (Å²) >= 11 is 3.47. The lowest BCUT2D eigenvalue weighted by atomic mass is 10.1. The number of pyridine rings is 1. The Morgan fingerprint density at radius 1 is 1.21 bits per heavy atom. The molecule has 0 aliphatic carbocycles. The van der Waals surface area contributed by atoms with Crippen molar-refractivity contribution in [1.82, 2.24) is 20.0 Å². The van der Waals surface area contributed by atoms with E-state index in [9.17, 15) is 0 Å². The summed E-state index contributed by atoms with van der Waals surface area (Å²) in [6.45, 7) is 2.73. The first-order valence-electron chi connectivity index (χ1n) is 7.81. The Labute approximate surface area is 150 Å². The Bertz CT molecular complexity index is 841. The van der Waals surface area contributed by atoms with Gasteiger partial charge in [0.05, 0.1) is 18.3 Å². The van der Waals surface area contributed by atoms with Crippen molar-refractivity contribution >= 4 is 27.5 Å². The Hall–Kier alpha value is -2.34. The number of hydrogen-bond donors (Lipinski definition) is 2. The standard InChI is InChI=1S/C18H20BrN5/c1-13(14-6-4-3-5-7-14)22-18(20-2)21-10-16-12-24-11-15(19)8-9-17(24)23-16/h3-9,11-13H,10H2,1-2H3,(H2,20,21,22). The molecule has 2 aromatic heterocycles. The Kier molecular flexibility index (Phi) is 5.15. The summed E-state index contributed by atoms with van der Waals surface area (Å²) in [4.78, 5) is 8.88. The maximum absolute atomic E-state index is 4.59. The number of benzene rings is 1. The quantitative estimate of drug-likeness (QED) is 0.533. The van der Waals surface area contributed by atoms with Crippen molar-refractivity contribution in [2.45, 2.75) is 19.5 Å². The van der Waals surface area contributed by atoms with E-state index < -0.39 is 0 Å². The number of nitrogens with one attached hydrogen (secondary N) is 2. The molecule has 1 unspecified atom stereocenters. The SMILES string of the molecule is CN=C(NCc1cn2cc(Br)ccc2n1)NC(C)c1ccccc1. The summed E-state index contributed by atoms with van der Waals surface area (Å²) in [5.74, 6) is 0.754. The highest BCUT2D eigenvalue weighted by Crippen LogP contribution is 2.13. The van der Waals surface area contributed by atoms with Gasteiger partial charge in [-0.05, 0) is 40.5 Å². The molecule has 24 heavy (non-hydrogen) atoms. The summed E-state index contributed by atoms with van der Waals surface area (Å²) in [6, 6.07) is 14.5. The molecular formula is C18H20BrN5. The summed E-state index contributed by atoms with van der Waals surface area (Å²) in [7, 11) is 1.77. The normalized spacial score (nSPS) is 13.0. The molecular weight excluding hydrogens is 366 g/mol. The van der Waals surface area contributed by atoms with Gasteiger partial charge < -0.3 is 15.0 Å². The van der Waals surface area contributed by atoms with E-state index in [-0.39, 0.29) is 6.04 Å². The topological polar surface area (TPSA) is 53.7 Å². The van der Waals surface area contributed by atoms with Crippen molar-refractivity contribution < 1.29 is 0 Å². The van der Waals surface area contributed by atoms with Gasteiger partial charge in [0.1, 0.15) is 5.65 Å². The van der Waals surface area contributed by atoms with Crippen LogP contribution in [-0.2, 0) is 6.54 Å². The van der Waals surface area contributed by atoms with Crippen molar-refractivity contribution in [2.75, 3.05) is 7.05 Å². The van der Waals surface area contributed by atoms with E-state index in [0.717, 1.165) is 21.8 Å². The molecule has 3 rings (SSSR count). The minimum absolute atomic E-state index is 0.175. The molecule has 1 aromatic carbocycles. The van der Waals surface area contributed by atoms with Crippen LogP contribution in [-0.4, -0.2) is 22.4 Å². The smallest absolute Gasteiger partial charge is 0.191 e. The van der Waals surface area contributed by atoms with Crippen LogP contribution in [0.2, 0.25) is 0 Å². The minimum Gasteiger partial charge on any atom is -0.351 e. The fourth-order valence-electron chi connectivity index (χ4n) is 2.50. The van der Waals surface area contributed by atoms with Gasteiger partial charge in [-0.1, -0.05) is 30.3 Å². The molecule has 1 atom stereocenters. The van der Waals surface area contributed by atoms with Crippen LogP contribution < -0.4 is 10.6 Å². The number of halogens is 1. The fourth-order valence-corrected chi connectivity index (χ4v) is 2.85. The van der Waals surface area contributed by atoms with Gasteiger partial charge in [0.2, 0.25) is 0 Å². The lowest BCUT2D eigenvalue weighted by molar-refractivity contribution is 0.683. The van der Waals surface area contributed by atoms with E-state index in [1.54, 1.807) is 7.05 Å². The third-order valence-electron chi connectivity index (χ3n) is 3.78. The number of hydrogen-bond acceptors (Lipinski definition) is 2. The summed E-state index contributed by atoms with van der Waals surface area (Å²) < 4.78 is 3.03. The van der Waals surface area contributed by atoms with Gasteiger partial charge in [-0.25, -0.2) is 4.98 Å². The molecule has 3 aromatic rings. The molecule has 124 valence electrons. The van der Waals surface area contributed by atoms with Crippen LogP contribution in [0.4, 0.5) is 0 Å². The Balaban J connectivity index is 1.63. The molecule has 0 aliphatic rings. The maximum atomic E-state index is 4.59. The van der Waals surface area contributed by atoms with Crippen molar-refractivity contribution in [1.29, 1.82) is 0 Å². The van der Waals surface area contributed by atoms with Gasteiger partial charge in [-0.15, -0.1) is 0 Å². The number of aromatic nitrogens is 2. The molecule has 0 aliphatic heterocycles. The molecule has 0 saturated carbocycles. The first-order chi connectivity index (χ1) is 11.7. The number of imidazole rings is 1. The van der Waals surface area contributed by atoms with Crippen LogP contribution in [0.15, 0.2) is 64.3 Å². The van der Waals surface area contributed by atoms with E-state index in [2.05, 4.69) is 55.6 Å². The lowest BCUT2D eigenvalue weighted by Gasteiger charge is -2.17. The summed E-state index contributed by atoms with van der Waals surface area (Å²) in [6.07, 6.45) is 4.01. The van der Waals surface area contributed by atoms with Gasteiger partial charge in [0.25, 0.3) is 0 Å². The van der Waals surface area contributed by atoms with E-state index in [1.807, 2.05) is 47.1 Å². The zero-order chi connectivity index (χ0) is 16.9. The number of nitrogens with zero attached hydrogens (tertiary/aromatic N) is 3. The van der Waals surface area contributed by atoms with Crippen LogP contribution in [0.1, 0.15) is 24.2 Å². The average molecular weight is 386 g/mol. The first kappa shape index (κ1) is 16.5. The zero-order valence-corrected chi connectivity index (χ0v) is 15.3. The van der Waals surface area contributed by atoms with Crippen molar-refractivity contribution in [2.24, 2.45) is 4.99 Å². The third kappa shape index (κ3) is 3.94. The third-order valence-corrected chi connectivity index (χ3v) is 4.25. The van der Waals surface area contributed by atoms with E-state index in [4.69, 9.17) is 0 Å². The zero-order valence-electron chi connectivity index (χ0n) is 13.7. The maximum Gasteiger partial charge on any atom is 0.191 e. The largest absolute Gasteiger partial charge is 0.351 e. The second-order valence-electron chi connectivity index (χ2n) is 5.55. The van der Waals surface area contributed by atoms with Gasteiger partial charge in [-0.3, -0.25) is 4.99 Å². The van der Waals surface area contributed by atoms with Crippen molar-refractivity contribution in [3.63, 3.8) is 0 Å². The Morgan fingerprint density at radius 3 is 2.75 bits per heavy atom. The predicted molar refractivity (Wildman–Crippen MR) is 101 cm³/mol. The van der Waals surface area contributed by atoms with Crippen LogP contribution in [0.5, 0.6) is 0 Å². The fraction of sp³-hybridized carbons (Fsp3) is 0.222. The molecule has 6 heteroatoms. The minimum atomic E-state index is 0.175. The van der Waals surface area contributed by atoms with E-state index in [0.29, 0.717) is 6.54 Å². The highest BCUT2D eigenvalue weighted by atomic mass is 79.9. The number of fused-ring (bicyclic) bond motifs is 1. The molecule has 0 radical (unpaired) electrons. The predicted octanol–water partition coefficient (Wildman–Crippen LogP) is 3.52. The molecule has 2 heterocycles. The number of guanidine groups is 1. The second kappa shape index (κ2) is 7.49. The summed E-state index contributed by atoms with van der Waals surface area (Å²) in [5.41, 5.74) is 3.11. The van der Waals surface area contributed by atoms with Crippen LogP contribution in [0.25, 0.3) is 5.65 Å². The van der Waals surface area contributed by atoms with Gasteiger partial charge in [0, 0.05) is 23.9 Å². The van der Waals surface area contributed by atoms with E-state index in [1.165, 1.54) is 5.56 Å². The molecule has 0 fully saturated rings. The van der Waals surface area contributed by atoms with Crippen molar-refractivity contribution in [3.05, 3.63) is 70.6 Å².